The van der Waals surface area contributed by atoms with Crippen LogP contribution in [0, 0.1) is 10.1 Å². The number of nitro groups is 1. The number of thiophene rings is 1. The first-order chi connectivity index (χ1) is 8.99. The lowest BCUT2D eigenvalue weighted by molar-refractivity contribution is -0.384. The molecule has 0 saturated carbocycles. The summed E-state index contributed by atoms with van der Waals surface area (Å²) in [5.74, 6) is 0. The highest BCUT2D eigenvalue weighted by atomic mass is 79.9. The van der Waals surface area contributed by atoms with Crippen LogP contribution in [0.5, 0.6) is 0 Å². The van der Waals surface area contributed by atoms with E-state index in [0.29, 0.717) is 5.69 Å². The van der Waals surface area contributed by atoms with Gasteiger partial charge in [0.15, 0.2) is 0 Å². The Hall–Kier alpha value is -1.11. The van der Waals surface area contributed by atoms with Crippen molar-refractivity contribution in [1.29, 1.82) is 0 Å². The molecule has 7 heteroatoms. The third-order valence-corrected chi connectivity index (χ3v) is 4.94. The number of nitrogens with zero attached hydrogens (tertiary/aromatic N) is 1. The molecule has 0 spiro atoms. The van der Waals surface area contributed by atoms with Crippen LogP contribution in [-0.4, -0.2) is 4.92 Å². The van der Waals surface area contributed by atoms with E-state index in [4.69, 9.17) is 11.6 Å². The van der Waals surface area contributed by atoms with Crippen molar-refractivity contribution in [3.8, 4) is 0 Å². The predicted octanol–water partition coefficient (Wildman–Crippen LogP) is 5.25. The minimum absolute atomic E-state index is 0.0511. The van der Waals surface area contributed by atoms with Gasteiger partial charge in [0.2, 0.25) is 0 Å². The Labute approximate surface area is 127 Å². The molecule has 1 atom stereocenters. The van der Waals surface area contributed by atoms with Crippen LogP contribution in [-0.2, 0) is 0 Å². The average Bonchev–Trinajstić information content (AvgIpc) is 2.77. The summed E-state index contributed by atoms with van der Waals surface area (Å²) >= 11 is 10.9. The molecule has 1 heterocycles. The Morgan fingerprint density at radius 2 is 2.21 bits per heavy atom. The molecule has 0 aliphatic heterocycles. The first kappa shape index (κ1) is 14.3. The van der Waals surface area contributed by atoms with Gasteiger partial charge in [-0.15, -0.1) is 11.3 Å². The minimum atomic E-state index is -0.487. The largest absolute Gasteiger partial charge is 0.377 e. The number of halogens is 2. The van der Waals surface area contributed by atoms with Gasteiger partial charge < -0.3 is 5.32 Å². The smallest absolute Gasteiger partial charge is 0.289 e. The Balaban J connectivity index is 2.22. The highest BCUT2D eigenvalue weighted by Crippen LogP contribution is 2.33. The van der Waals surface area contributed by atoms with Gasteiger partial charge in [-0.1, -0.05) is 11.6 Å². The van der Waals surface area contributed by atoms with Crippen molar-refractivity contribution in [2.75, 3.05) is 5.32 Å². The van der Waals surface area contributed by atoms with Crippen LogP contribution in [0.2, 0.25) is 5.02 Å². The molecule has 1 aromatic carbocycles. The second-order valence-electron chi connectivity index (χ2n) is 3.92. The summed E-state index contributed by atoms with van der Waals surface area (Å²) < 4.78 is 1.03. The highest BCUT2D eigenvalue weighted by Gasteiger charge is 2.15. The molecule has 0 amide bonds. The molecule has 0 radical (unpaired) electrons. The summed E-state index contributed by atoms with van der Waals surface area (Å²) in [6, 6.07) is 6.73. The lowest BCUT2D eigenvalue weighted by Gasteiger charge is -2.14. The topological polar surface area (TPSA) is 55.2 Å². The Morgan fingerprint density at radius 3 is 2.79 bits per heavy atom. The van der Waals surface area contributed by atoms with E-state index in [1.807, 2.05) is 18.4 Å². The summed E-state index contributed by atoms with van der Waals surface area (Å²) in [7, 11) is 0. The molecule has 19 heavy (non-hydrogen) atoms. The molecule has 2 rings (SSSR count). The van der Waals surface area contributed by atoms with E-state index < -0.39 is 4.92 Å². The molecule has 1 N–H and O–H groups in total. The van der Waals surface area contributed by atoms with Gasteiger partial charge in [-0.3, -0.25) is 10.1 Å². The van der Waals surface area contributed by atoms with E-state index in [9.17, 15) is 10.1 Å². The summed E-state index contributed by atoms with van der Waals surface area (Å²) in [6.45, 7) is 2.00. The van der Waals surface area contributed by atoms with Gasteiger partial charge in [0, 0.05) is 21.1 Å². The van der Waals surface area contributed by atoms with Crippen molar-refractivity contribution in [3.63, 3.8) is 0 Å². The first-order valence-electron chi connectivity index (χ1n) is 5.42. The number of nitrogens with one attached hydrogen (secondary N) is 1. The maximum Gasteiger partial charge on any atom is 0.289 e. The maximum absolute atomic E-state index is 10.8. The average molecular weight is 362 g/mol. The van der Waals surface area contributed by atoms with Crippen molar-refractivity contribution < 1.29 is 4.92 Å². The van der Waals surface area contributed by atoms with Gasteiger partial charge in [0.05, 0.1) is 11.0 Å². The lowest BCUT2D eigenvalue weighted by atomic mass is 10.2. The van der Waals surface area contributed by atoms with Crippen LogP contribution < -0.4 is 5.32 Å². The molecule has 0 aliphatic rings. The number of nitro benzene ring substituents is 1. The monoisotopic (exact) mass is 360 g/mol. The van der Waals surface area contributed by atoms with Crippen LogP contribution >= 0.6 is 38.9 Å². The van der Waals surface area contributed by atoms with Crippen LogP contribution in [0.1, 0.15) is 17.8 Å². The van der Waals surface area contributed by atoms with Gasteiger partial charge in [-0.05, 0) is 46.4 Å². The summed E-state index contributed by atoms with van der Waals surface area (Å²) in [5.41, 5.74) is 0.577. The lowest BCUT2D eigenvalue weighted by Crippen LogP contribution is -2.05. The second-order valence-corrected chi connectivity index (χ2v) is 6.13. The molecule has 0 saturated heterocycles. The third kappa shape index (κ3) is 3.26. The Bertz CT molecular complexity index is 618. The van der Waals surface area contributed by atoms with Crippen LogP contribution in [0.25, 0.3) is 0 Å². The molecule has 100 valence electrons. The van der Waals surface area contributed by atoms with Gasteiger partial charge in [0.1, 0.15) is 5.02 Å². The quantitative estimate of drug-likeness (QED) is 0.598. The number of anilines is 1. The first-order valence-corrected chi connectivity index (χ1v) is 7.47. The van der Waals surface area contributed by atoms with E-state index in [1.54, 1.807) is 17.4 Å². The predicted molar refractivity (Wildman–Crippen MR) is 82.2 cm³/mol. The van der Waals surface area contributed by atoms with Crippen molar-refractivity contribution in [2.45, 2.75) is 13.0 Å². The van der Waals surface area contributed by atoms with Crippen LogP contribution in [0.3, 0.4) is 0 Å². The Morgan fingerprint density at radius 1 is 1.47 bits per heavy atom. The molecule has 1 aromatic heterocycles. The maximum atomic E-state index is 10.8. The molecule has 1 unspecified atom stereocenters. The second kappa shape index (κ2) is 5.90. The summed E-state index contributed by atoms with van der Waals surface area (Å²) in [5, 5.41) is 16.2. The van der Waals surface area contributed by atoms with Gasteiger partial charge >= 0.3 is 0 Å². The standard InChI is InChI=1S/C12H10BrClN2O2S/c1-7(12-9(13)4-5-19-12)15-8-2-3-10(14)11(6-8)16(17)18/h2-7,15H,1H3. The normalized spacial score (nSPS) is 12.2. The molecular weight excluding hydrogens is 352 g/mol. The van der Waals surface area contributed by atoms with Gasteiger partial charge in [-0.2, -0.15) is 0 Å². The molecule has 0 bridgehead atoms. The number of hydrogen-bond donors (Lipinski definition) is 1. The van der Waals surface area contributed by atoms with Gasteiger partial charge in [-0.25, -0.2) is 0 Å². The van der Waals surface area contributed by atoms with E-state index >= 15 is 0 Å². The fourth-order valence-corrected chi connectivity index (χ4v) is 3.58. The zero-order valence-corrected chi connectivity index (χ0v) is 13.1. The molecule has 0 aliphatic carbocycles. The fourth-order valence-electron chi connectivity index (χ4n) is 1.67. The van der Waals surface area contributed by atoms with Crippen molar-refractivity contribution in [3.05, 3.63) is 54.1 Å². The van der Waals surface area contributed by atoms with E-state index in [-0.39, 0.29) is 16.8 Å². The zero-order valence-electron chi connectivity index (χ0n) is 9.89. The summed E-state index contributed by atoms with van der Waals surface area (Å²) in [4.78, 5) is 11.5. The van der Waals surface area contributed by atoms with E-state index in [0.717, 1.165) is 9.35 Å². The van der Waals surface area contributed by atoms with Crippen molar-refractivity contribution in [1.82, 2.24) is 0 Å². The molecule has 4 nitrogen and oxygen atoms in total. The number of benzene rings is 1. The van der Waals surface area contributed by atoms with Crippen LogP contribution in [0.4, 0.5) is 11.4 Å². The Kier molecular flexibility index (Phi) is 4.44. The molecule has 0 fully saturated rings. The molecular formula is C12H10BrClN2O2S. The fraction of sp³-hybridized carbons (Fsp3) is 0.167. The molecule has 2 aromatic rings. The van der Waals surface area contributed by atoms with Crippen molar-refractivity contribution in [2.24, 2.45) is 0 Å². The van der Waals surface area contributed by atoms with E-state index in [2.05, 4.69) is 21.2 Å². The van der Waals surface area contributed by atoms with Crippen LogP contribution in [0.15, 0.2) is 34.1 Å². The zero-order chi connectivity index (χ0) is 14.0. The van der Waals surface area contributed by atoms with E-state index in [1.165, 1.54) is 12.1 Å². The highest BCUT2D eigenvalue weighted by molar-refractivity contribution is 9.10. The number of rotatable bonds is 4. The van der Waals surface area contributed by atoms with Gasteiger partial charge in [0.25, 0.3) is 5.69 Å². The minimum Gasteiger partial charge on any atom is -0.377 e. The summed E-state index contributed by atoms with van der Waals surface area (Å²) in [6.07, 6.45) is 0. The number of hydrogen-bond acceptors (Lipinski definition) is 4. The third-order valence-electron chi connectivity index (χ3n) is 2.56. The SMILES string of the molecule is CC(Nc1ccc(Cl)c([N+](=O)[O-])c1)c1sccc1Br. The van der Waals surface area contributed by atoms with Crippen molar-refractivity contribution >= 4 is 50.2 Å².